The van der Waals surface area contributed by atoms with Crippen molar-refractivity contribution in [3.8, 4) is 0 Å². The zero-order valence-corrected chi connectivity index (χ0v) is 8.33. The average Bonchev–Trinajstić information content (AvgIpc) is 1.96. The number of hydrogen-bond donors (Lipinski definition) is 2. The van der Waals surface area contributed by atoms with Crippen molar-refractivity contribution < 1.29 is 4.39 Å². The Kier molecular flexibility index (Phi) is 2.83. The van der Waals surface area contributed by atoms with Gasteiger partial charge in [0, 0.05) is 5.69 Å². The van der Waals surface area contributed by atoms with E-state index in [-0.39, 0.29) is 10.9 Å². The SMILES string of the molecule is Cc1cc(F)cc(C)c1NC(N)=S. The Morgan fingerprint density at radius 1 is 1.38 bits per heavy atom. The van der Waals surface area contributed by atoms with Crippen LogP contribution in [-0.2, 0) is 0 Å². The highest BCUT2D eigenvalue weighted by Crippen LogP contribution is 2.20. The van der Waals surface area contributed by atoms with Gasteiger partial charge in [0.1, 0.15) is 5.82 Å². The van der Waals surface area contributed by atoms with Crippen molar-refractivity contribution in [1.82, 2.24) is 0 Å². The molecule has 0 saturated carbocycles. The van der Waals surface area contributed by atoms with Crippen LogP contribution in [0.5, 0.6) is 0 Å². The normalized spacial score (nSPS) is 9.77. The van der Waals surface area contributed by atoms with Crippen LogP contribution in [0.4, 0.5) is 10.1 Å². The lowest BCUT2D eigenvalue weighted by molar-refractivity contribution is 0.625. The molecule has 70 valence electrons. The maximum absolute atomic E-state index is 12.9. The van der Waals surface area contributed by atoms with Gasteiger partial charge in [-0.3, -0.25) is 0 Å². The Hall–Kier alpha value is -1.16. The smallest absolute Gasteiger partial charge is 0.168 e. The number of rotatable bonds is 1. The fraction of sp³-hybridized carbons (Fsp3) is 0.222. The lowest BCUT2D eigenvalue weighted by Crippen LogP contribution is -2.20. The number of thiocarbonyl (C=S) groups is 1. The summed E-state index contributed by atoms with van der Waals surface area (Å²) in [6, 6.07) is 2.88. The summed E-state index contributed by atoms with van der Waals surface area (Å²) in [6.07, 6.45) is 0. The highest BCUT2D eigenvalue weighted by Gasteiger charge is 2.04. The number of anilines is 1. The van der Waals surface area contributed by atoms with E-state index in [1.54, 1.807) is 13.8 Å². The first-order valence-electron chi connectivity index (χ1n) is 3.84. The van der Waals surface area contributed by atoms with Crippen LogP contribution in [-0.4, -0.2) is 5.11 Å². The molecule has 3 N–H and O–H groups in total. The molecule has 1 aromatic rings. The lowest BCUT2D eigenvalue weighted by atomic mass is 10.1. The van der Waals surface area contributed by atoms with Crippen molar-refractivity contribution in [2.45, 2.75) is 13.8 Å². The molecule has 0 amide bonds. The van der Waals surface area contributed by atoms with E-state index in [2.05, 4.69) is 5.32 Å². The molecule has 0 aliphatic heterocycles. The summed E-state index contributed by atoms with van der Waals surface area (Å²) in [6.45, 7) is 3.60. The number of nitrogens with one attached hydrogen (secondary N) is 1. The van der Waals surface area contributed by atoms with Gasteiger partial charge in [0.05, 0.1) is 0 Å². The highest BCUT2D eigenvalue weighted by atomic mass is 32.1. The van der Waals surface area contributed by atoms with E-state index in [0.717, 1.165) is 16.8 Å². The minimum Gasteiger partial charge on any atom is -0.376 e. The van der Waals surface area contributed by atoms with Crippen molar-refractivity contribution in [3.05, 3.63) is 29.1 Å². The molecule has 0 aliphatic carbocycles. The summed E-state index contributed by atoms with van der Waals surface area (Å²) in [5, 5.41) is 3.00. The lowest BCUT2D eigenvalue weighted by Gasteiger charge is -2.10. The molecule has 0 spiro atoms. The molecule has 0 fully saturated rings. The molecular weight excluding hydrogens is 187 g/mol. The molecule has 0 aromatic heterocycles. The zero-order chi connectivity index (χ0) is 10.0. The summed E-state index contributed by atoms with van der Waals surface area (Å²) in [5.41, 5.74) is 7.71. The van der Waals surface area contributed by atoms with Gasteiger partial charge >= 0.3 is 0 Å². The van der Waals surface area contributed by atoms with E-state index in [9.17, 15) is 4.39 Å². The Morgan fingerprint density at radius 3 is 2.23 bits per heavy atom. The minimum atomic E-state index is -0.247. The summed E-state index contributed by atoms with van der Waals surface area (Å²) in [4.78, 5) is 0. The molecule has 0 unspecified atom stereocenters. The van der Waals surface area contributed by atoms with Gasteiger partial charge in [-0.05, 0) is 49.3 Å². The van der Waals surface area contributed by atoms with Crippen molar-refractivity contribution >= 4 is 23.0 Å². The zero-order valence-electron chi connectivity index (χ0n) is 7.52. The van der Waals surface area contributed by atoms with E-state index in [1.807, 2.05) is 0 Å². The first-order valence-corrected chi connectivity index (χ1v) is 4.24. The Bertz CT molecular complexity index is 326. The van der Waals surface area contributed by atoms with Crippen LogP contribution >= 0.6 is 12.2 Å². The first-order chi connectivity index (χ1) is 6.00. The maximum atomic E-state index is 12.9. The second-order valence-corrected chi connectivity index (χ2v) is 3.34. The van der Waals surface area contributed by atoms with Crippen molar-refractivity contribution in [1.29, 1.82) is 0 Å². The molecule has 4 heteroatoms. The molecule has 0 aliphatic rings. The number of hydrogen-bond acceptors (Lipinski definition) is 1. The number of benzene rings is 1. The van der Waals surface area contributed by atoms with Gasteiger partial charge in [0.15, 0.2) is 5.11 Å². The third-order valence-corrected chi connectivity index (χ3v) is 1.85. The fourth-order valence-corrected chi connectivity index (χ4v) is 1.33. The summed E-state index contributed by atoms with van der Waals surface area (Å²) in [7, 11) is 0. The van der Waals surface area contributed by atoms with Crippen LogP contribution in [0.1, 0.15) is 11.1 Å². The third kappa shape index (κ3) is 2.39. The monoisotopic (exact) mass is 198 g/mol. The predicted molar refractivity (Wildman–Crippen MR) is 56.3 cm³/mol. The predicted octanol–water partition coefficient (Wildman–Crippen LogP) is 2.10. The molecule has 0 heterocycles. The molecule has 0 bridgehead atoms. The largest absolute Gasteiger partial charge is 0.376 e. The molecule has 1 rings (SSSR count). The van der Waals surface area contributed by atoms with E-state index in [1.165, 1.54) is 12.1 Å². The minimum absolute atomic E-state index is 0.192. The third-order valence-electron chi connectivity index (χ3n) is 1.75. The van der Waals surface area contributed by atoms with Crippen LogP contribution in [0.25, 0.3) is 0 Å². The fourth-order valence-electron chi connectivity index (χ4n) is 1.23. The summed E-state index contributed by atoms with van der Waals surface area (Å²) in [5.74, 6) is -0.247. The molecule has 0 atom stereocenters. The standard InChI is InChI=1S/C9H11FN2S/c1-5-3-7(10)4-6(2)8(5)12-9(11)13/h3-4H,1-2H3,(H3,11,12,13). The van der Waals surface area contributed by atoms with E-state index in [0.29, 0.717) is 0 Å². The van der Waals surface area contributed by atoms with Gasteiger partial charge in [-0.2, -0.15) is 0 Å². The topological polar surface area (TPSA) is 38.0 Å². The second kappa shape index (κ2) is 3.70. The van der Waals surface area contributed by atoms with Gasteiger partial charge < -0.3 is 11.1 Å². The molecular formula is C9H11FN2S. The number of aryl methyl sites for hydroxylation is 2. The summed E-state index contributed by atoms with van der Waals surface area (Å²) >= 11 is 4.70. The van der Waals surface area contributed by atoms with Gasteiger partial charge in [-0.1, -0.05) is 0 Å². The van der Waals surface area contributed by atoms with Crippen LogP contribution in [0.15, 0.2) is 12.1 Å². The van der Waals surface area contributed by atoms with Crippen LogP contribution < -0.4 is 11.1 Å². The number of nitrogens with two attached hydrogens (primary N) is 1. The van der Waals surface area contributed by atoms with Crippen molar-refractivity contribution in [2.24, 2.45) is 5.73 Å². The van der Waals surface area contributed by atoms with E-state index in [4.69, 9.17) is 18.0 Å². The molecule has 0 saturated heterocycles. The highest BCUT2D eigenvalue weighted by molar-refractivity contribution is 7.80. The Balaban J connectivity index is 3.13. The Labute approximate surface area is 81.9 Å². The van der Waals surface area contributed by atoms with Crippen LogP contribution in [0.3, 0.4) is 0 Å². The van der Waals surface area contributed by atoms with Crippen LogP contribution in [0.2, 0.25) is 0 Å². The number of halogens is 1. The summed E-state index contributed by atoms with van der Waals surface area (Å²) < 4.78 is 12.9. The molecule has 0 radical (unpaired) electrons. The van der Waals surface area contributed by atoms with Crippen molar-refractivity contribution in [3.63, 3.8) is 0 Å². The van der Waals surface area contributed by atoms with E-state index >= 15 is 0 Å². The average molecular weight is 198 g/mol. The van der Waals surface area contributed by atoms with Gasteiger partial charge in [-0.15, -0.1) is 0 Å². The molecule has 1 aromatic carbocycles. The molecule has 13 heavy (non-hydrogen) atoms. The molecule has 2 nitrogen and oxygen atoms in total. The van der Waals surface area contributed by atoms with Crippen LogP contribution in [0, 0.1) is 19.7 Å². The van der Waals surface area contributed by atoms with Gasteiger partial charge in [0.25, 0.3) is 0 Å². The van der Waals surface area contributed by atoms with Crippen molar-refractivity contribution in [2.75, 3.05) is 5.32 Å². The maximum Gasteiger partial charge on any atom is 0.168 e. The van der Waals surface area contributed by atoms with Gasteiger partial charge in [0.2, 0.25) is 0 Å². The second-order valence-electron chi connectivity index (χ2n) is 2.90. The first kappa shape index (κ1) is 9.92. The van der Waals surface area contributed by atoms with E-state index < -0.39 is 0 Å². The quantitative estimate of drug-likeness (QED) is 0.679. The Morgan fingerprint density at radius 2 is 1.85 bits per heavy atom. The van der Waals surface area contributed by atoms with Gasteiger partial charge in [-0.25, -0.2) is 4.39 Å².